The molecule has 0 unspecified atom stereocenters. The van der Waals surface area contributed by atoms with E-state index in [4.69, 9.17) is 16.9 Å². The Labute approximate surface area is 392 Å². The minimum absolute atomic E-state index is 0.0201. The molecule has 0 aliphatic carbocycles. The summed E-state index contributed by atoms with van der Waals surface area (Å²) < 4.78 is 0. The maximum absolute atomic E-state index is 14.5. The third-order valence-corrected chi connectivity index (χ3v) is 11.9. The Bertz CT molecular complexity index is 2210. The first-order valence-electron chi connectivity index (χ1n) is 22.5. The third kappa shape index (κ3) is 14.5. The standard InChI is InChI=1S/C45H60N12O11/c1-25-37(61)55-32(24-36(59)60)43(67)57-20-10-17-34(57)44(68)56-19-9-16-33(56)42(66)51-28(15-8-18-49-45(47)48)38(62)52-29(21-26-11-4-2-5-12-26)40(64)53-30(22-27-13-6-3-7-14-27)41(65)54-31(23-35(46)58)39(63)50-25/h2-7,11-14,25,28-34H,8-10,15-24H2,1H3,(H2,46,58)(H,50,63)(H,51,66)(H,52,62)(H,53,64)(H,54,65)(H,55,61)(H,59,60)(H4,47,48,49)/t25-,28-,29-,30-,31-,32-,33-,34+/m0/s1. The fourth-order valence-electron chi connectivity index (χ4n) is 8.44. The quantitative estimate of drug-likeness (QED) is 0.0576. The molecule has 0 aromatic heterocycles. The summed E-state index contributed by atoms with van der Waals surface area (Å²) in [6.07, 6.45) is -0.644. The van der Waals surface area contributed by atoms with E-state index in [1.807, 2.05) is 0 Å². The maximum atomic E-state index is 14.5. The lowest BCUT2D eigenvalue weighted by molar-refractivity contribution is -0.149. The number of carbonyl (C=O) groups excluding carboxylic acids is 9. The van der Waals surface area contributed by atoms with Crippen molar-refractivity contribution in [3.05, 3.63) is 71.8 Å². The molecule has 3 fully saturated rings. The topological polar surface area (TPSA) is 358 Å². The Morgan fingerprint density at radius 1 is 0.618 bits per heavy atom. The molecule has 2 aromatic carbocycles. The molecule has 0 radical (unpaired) electrons. The number of primary amides is 1. The van der Waals surface area contributed by atoms with Crippen LogP contribution in [-0.4, -0.2) is 148 Å². The van der Waals surface area contributed by atoms with Crippen molar-refractivity contribution in [2.45, 2.75) is 119 Å². The molecule has 13 N–H and O–H groups in total. The minimum Gasteiger partial charge on any atom is -0.481 e. The van der Waals surface area contributed by atoms with Gasteiger partial charge in [0.2, 0.25) is 53.2 Å². The molecule has 366 valence electrons. The van der Waals surface area contributed by atoms with Gasteiger partial charge in [0.15, 0.2) is 5.96 Å². The lowest BCUT2D eigenvalue weighted by Crippen LogP contribution is -2.61. The van der Waals surface area contributed by atoms with E-state index in [0.717, 1.165) is 4.90 Å². The van der Waals surface area contributed by atoms with E-state index in [-0.39, 0.29) is 64.1 Å². The first-order valence-corrected chi connectivity index (χ1v) is 22.5. The second-order valence-electron chi connectivity index (χ2n) is 17.0. The van der Waals surface area contributed by atoms with E-state index in [0.29, 0.717) is 24.0 Å². The molecule has 0 spiro atoms. The average molecular weight is 945 g/mol. The van der Waals surface area contributed by atoms with E-state index in [2.05, 4.69) is 37.2 Å². The molecule has 23 nitrogen and oxygen atoms in total. The first kappa shape index (κ1) is 51.4. The highest BCUT2D eigenvalue weighted by Crippen LogP contribution is 2.26. The number of nitrogens with zero attached hydrogens (tertiary/aromatic N) is 2. The highest BCUT2D eigenvalue weighted by molar-refractivity contribution is 6.00. The lowest BCUT2D eigenvalue weighted by Gasteiger charge is -2.33. The normalized spacial score (nSPS) is 25.8. The van der Waals surface area contributed by atoms with Crippen LogP contribution in [0.2, 0.25) is 0 Å². The second kappa shape index (κ2) is 24.3. The zero-order valence-corrected chi connectivity index (χ0v) is 37.7. The number of amides is 9. The molecular weight excluding hydrogens is 885 g/mol. The Hall–Kier alpha value is -7.59. The molecule has 3 heterocycles. The fraction of sp³-hybridized carbons (Fsp3) is 0.489. The minimum atomic E-state index is -1.71. The van der Waals surface area contributed by atoms with Crippen molar-refractivity contribution >= 4 is 65.1 Å². The summed E-state index contributed by atoms with van der Waals surface area (Å²) in [7, 11) is 0. The number of nitrogens with two attached hydrogens (primary N) is 2. The third-order valence-electron chi connectivity index (χ3n) is 11.9. The van der Waals surface area contributed by atoms with Crippen molar-refractivity contribution in [2.24, 2.45) is 11.5 Å². The average Bonchev–Trinajstić information content (AvgIpc) is 4.00. The second-order valence-corrected chi connectivity index (χ2v) is 17.0. The Kier molecular flexibility index (Phi) is 18.3. The zero-order valence-electron chi connectivity index (χ0n) is 37.7. The summed E-state index contributed by atoms with van der Waals surface area (Å²) in [4.78, 5) is 140. The molecule has 9 amide bonds. The summed E-state index contributed by atoms with van der Waals surface area (Å²) in [6, 6.07) is 5.88. The number of carbonyl (C=O) groups is 10. The van der Waals surface area contributed by atoms with E-state index in [1.54, 1.807) is 60.7 Å². The van der Waals surface area contributed by atoms with Gasteiger partial charge in [-0.3, -0.25) is 53.4 Å². The molecular formula is C45H60N12O11. The number of nitrogens with one attached hydrogen (secondary N) is 8. The monoisotopic (exact) mass is 944 g/mol. The number of rotatable bonds is 12. The van der Waals surface area contributed by atoms with Crippen molar-refractivity contribution in [1.82, 2.24) is 47.0 Å². The molecule has 5 rings (SSSR count). The van der Waals surface area contributed by atoms with Crippen LogP contribution in [0.3, 0.4) is 0 Å². The number of guanidine groups is 1. The Balaban J connectivity index is 1.56. The predicted molar refractivity (Wildman–Crippen MR) is 242 cm³/mol. The van der Waals surface area contributed by atoms with Gasteiger partial charge in [-0.05, 0) is 56.6 Å². The van der Waals surface area contributed by atoms with Crippen LogP contribution >= 0.6 is 0 Å². The van der Waals surface area contributed by atoms with Gasteiger partial charge in [-0.15, -0.1) is 0 Å². The summed E-state index contributed by atoms with van der Waals surface area (Å²) in [5.41, 5.74) is 12.1. The smallest absolute Gasteiger partial charge is 0.305 e. The van der Waals surface area contributed by atoms with Crippen molar-refractivity contribution in [2.75, 3.05) is 19.6 Å². The number of fused-ring (bicyclic) bond motifs is 2. The van der Waals surface area contributed by atoms with Gasteiger partial charge in [0.25, 0.3) is 0 Å². The van der Waals surface area contributed by atoms with Crippen molar-refractivity contribution in [1.29, 1.82) is 5.41 Å². The van der Waals surface area contributed by atoms with Crippen LogP contribution in [0.5, 0.6) is 0 Å². The molecule has 2 aromatic rings. The van der Waals surface area contributed by atoms with Crippen LogP contribution in [-0.2, 0) is 60.8 Å². The molecule has 8 atom stereocenters. The van der Waals surface area contributed by atoms with Crippen LogP contribution in [0, 0.1) is 5.41 Å². The number of carboxylic acid groups (broad SMARTS) is 1. The van der Waals surface area contributed by atoms with Gasteiger partial charge in [-0.2, -0.15) is 0 Å². The largest absolute Gasteiger partial charge is 0.481 e. The van der Waals surface area contributed by atoms with E-state index < -0.39 is 120 Å². The number of aliphatic carboxylic acids is 1. The SMILES string of the molecule is C[C@@H]1NC(=O)[C@H](CC(N)=O)NC(=O)[C@H](Cc2ccccc2)NC(=O)[C@H](Cc2ccccc2)NC(=O)[C@H](CCCNC(=N)N)NC(=O)[C@@H]2CCCN2C(=O)[C@H]2CCCN2C(=O)[C@H](CC(=O)O)NC1=O. The van der Waals surface area contributed by atoms with Crippen LogP contribution in [0.25, 0.3) is 0 Å². The Morgan fingerprint density at radius 3 is 1.62 bits per heavy atom. The highest BCUT2D eigenvalue weighted by Gasteiger charge is 2.45. The van der Waals surface area contributed by atoms with Crippen LogP contribution < -0.4 is 48.7 Å². The number of hydrogen-bond donors (Lipinski definition) is 11. The summed E-state index contributed by atoms with van der Waals surface area (Å²) in [5.74, 6) is -9.65. The summed E-state index contributed by atoms with van der Waals surface area (Å²) in [6.45, 7) is 1.49. The van der Waals surface area contributed by atoms with E-state index >= 15 is 0 Å². The first-order chi connectivity index (χ1) is 32.4. The van der Waals surface area contributed by atoms with Gasteiger partial charge in [-0.25, -0.2) is 0 Å². The number of benzene rings is 2. The van der Waals surface area contributed by atoms with Crippen molar-refractivity contribution in [3.8, 4) is 0 Å². The summed E-state index contributed by atoms with van der Waals surface area (Å²) >= 11 is 0. The molecule has 68 heavy (non-hydrogen) atoms. The Morgan fingerprint density at radius 2 is 1.09 bits per heavy atom. The molecule has 3 saturated heterocycles. The highest BCUT2D eigenvalue weighted by atomic mass is 16.4. The number of hydrogen-bond acceptors (Lipinski definition) is 11. The van der Waals surface area contributed by atoms with Gasteiger partial charge < -0.3 is 63.6 Å². The molecule has 0 saturated carbocycles. The van der Waals surface area contributed by atoms with Crippen LogP contribution in [0.15, 0.2) is 60.7 Å². The fourth-order valence-corrected chi connectivity index (χ4v) is 8.44. The van der Waals surface area contributed by atoms with Crippen LogP contribution in [0.4, 0.5) is 0 Å². The van der Waals surface area contributed by atoms with Gasteiger partial charge in [0.05, 0.1) is 12.8 Å². The lowest BCUT2D eigenvalue weighted by atomic mass is 10.0. The van der Waals surface area contributed by atoms with E-state index in [1.165, 1.54) is 11.8 Å². The molecule has 3 aliphatic rings. The predicted octanol–water partition coefficient (Wildman–Crippen LogP) is -2.99. The van der Waals surface area contributed by atoms with Gasteiger partial charge >= 0.3 is 5.97 Å². The molecule has 23 heteroatoms. The van der Waals surface area contributed by atoms with Crippen molar-refractivity contribution < 1.29 is 53.1 Å². The van der Waals surface area contributed by atoms with Crippen molar-refractivity contribution in [3.63, 3.8) is 0 Å². The van der Waals surface area contributed by atoms with E-state index in [9.17, 15) is 53.1 Å². The van der Waals surface area contributed by atoms with Crippen LogP contribution in [0.1, 0.15) is 69.4 Å². The summed E-state index contributed by atoms with van der Waals surface area (Å²) in [5, 5.41) is 35.3. The molecule has 3 aliphatic heterocycles. The van der Waals surface area contributed by atoms with Gasteiger partial charge in [-0.1, -0.05) is 60.7 Å². The zero-order chi connectivity index (χ0) is 49.5. The maximum Gasteiger partial charge on any atom is 0.305 e. The van der Waals surface area contributed by atoms with Gasteiger partial charge in [0, 0.05) is 32.5 Å². The molecule has 0 bridgehead atoms. The number of carboxylic acids is 1. The van der Waals surface area contributed by atoms with Gasteiger partial charge in [0.1, 0.15) is 48.3 Å².